The lowest BCUT2D eigenvalue weighted by atomic mass is 10.1. The van der Waals surface area contributed by atoms with Gasteiger partial charge >= 0.3 is 6.03 Å². The summed E-state index contributed by atoms with van der Waals surface area (Å²) >= 11 is 0. The van der Waals surface area contributed by atoms with Crippen molar-refractivity contribution in [3.8, 4) is 0 Å². The summed E-state index contributed by atoms with van der Waals surface area (Å²) in [5.41, 5.74) is 0.605. The number of halogens is 1. The molecule has 2 rings (SSSR count). The quantitative estimate of drug-likeness (QED) is 0.903. The number of carbonyl (C=O) groups is 1. The predicted octanol–water partition coefficient (Wildman–Crippen LogP) is 2.20. The molecule has 0 spiro atoms. The molecule has 0 aliphatic carbocycles. The summed E-state index contributed by atoms with van der Waals surface area (Å²) in [6, 6.07) is 6.33. The third kappa shape index (κ3) is 5.18. The number of nitrogens with zero attached hydrogens (tertiary/aromatic N) is 1. The van der Waals surface area contributed by atoms with Gasteiger partial charge in [-0.1, -0.05) is 18.2 Å². The molecule has 6 heteroatoms. The standard InChI is InChI=1S/C17H25FN2O3/c1-12(8-14-6-4-5-7-16(14)18)19-17(21)20-9-13(2)23-15(10-20)11-22-3/h4-7,12-13,15H,8-11H2,1-3H3,(H,19,21)/t12-,13+,15+/m1/s1. The molecule has 0 aromatic heterocycles. The molecule has 1 N–H and O–H groups in total. The zero-order valence-electron chi connectivity index (χ0n) is 13.9. The van der Waals surface area contributed by atoms with Crippen molar-refractivity contribution in [1.82, 2.24) is 10.2 Å². The van der Waals surface area contributed by atoms with Crippen molar-refractivity contribution in [1.29, 1.82) is 0 Å². The lowest BCUT2D eigenvalue weighted by molar-refractivity contribution is -0.0898. The Morgan fingerprint density at radius 3 is 2.91 bits per heavy atom. The Labute approximate surface area is 136 Å². The van der Waals surface area contributed by atoms with E-state index in [0.29, 0.717) is 31.7 Å². The fourth-order valence-electron chi connectivity index (χ4n) is 2.84. The molecule has 0 radical (unpaired) electrons. The van der Waals surface area contributed by atoms with Gasteiger partial charge in [0.25, 0.3) is 0 Å². The van der Waals surface area contributed by atoms with E-state index in [1.54, 1.807) is 30.2 Å². The van der Waals surface area contributed by atoms with Gasteiger partial charge in [0.15, 0.2) is 0 Å². The van der Waals surface area contributed by atoms with E-state index in [-0.39, 0.29) is 30.1 Å². The summed E-state index contributed by atoms with van der Waals surface area (Å²) in [5.74, 6) is -0.242. The number of amides is 2. The maximum absolute atomic E-state index is 13.7. The molecule has 3 atom stereocenters. The number of hydrogen-bond acceptors (Lipinski definition) is 3. The van der Waals surface area contributed by atoms with Crippen molar-refractivity contribution < 1.29 is 18.7 Å². The zero-order chi connectivity index (χ0) is 16.8. The second-order valence-electron chi connectivity index (χ2n) is 6.08. The number of carbonyl (C=O) groups excluding carboxylic acids is 1. The summed E-state index contributed by atoms with van der Waals surface area (Å²) in [6.45, 7) is 5.31. The SMILES string of the molecule is COC[C@@H]1CN(C(=O)N[C@H](C)Cc2ccccc2F)C[C@H](C)O1. The van der Waals surface area contributed by atoms with Crippen LogP contribution in [0, 0.1) is 5.82 Å². The fraction of sp³-hybridized carbons (Fsp3) is 0.588. The van der Waals surface area contributed by atoms with Gasteiger partial charge in [0.2, 0.25) is 0 Å². The number of urea groups is 1. The third-order valence-electron chi connectivity index (χ3n) is 3.82. The van der Waals surface area contributed by atoms with Gasteiger partial charge in [-0.15, -0.1) is 0 Å². The minimum absolute atomic E-state index is 0.0310. The summed E-state index contributed by atoms with van der Waals surface area (Å²) in [5, 5.41) is 2.93. The summed E-state index contributed by atoms with van der Waals surface area (Å²) in [7, 11) is 1.61. The largest absolute Gasteiger partial charge is 0.382 e. The van der Waals surface area contributed by atoms with Crippen molar-refractivity contribution >= 4 is 6.03 Å². The van der Waals surface area contributed by atoms with Gasteiger partial charge < -0.3 is 19.7 Å². The van der Waals surface area contributed by atoms with Crippen LogP contribution in [0.1, 0.15) is 19.4 Å². The molecule has 1 aliphatic rings. The van der Waals surface area contributed by atoms with E-state index in [0.717, 1.165) is 0 Å². The molecule has 2 amide bonds. The fourth-order valence-corrected chi connectivity index (χ4v) is 2.84. The first kappa shape index (κ1) is 17.7. The van der Waals surface area contributed by atoms with Crippen LogP contribution < -0.4 is 5.32 Å². The highest BCUT2D eigenvalue weighted by Gasteiger charge is 2.28. The summed E-state index contributed by atoms with van der Waals surface area (Å²) in [6.07, 6.45) is 0.313. The molecule has 1 aliphatic heterocycles. The molecule has 23 heavy (non-hydrogen) atoms. The van der Waals surface area contributed by atoms with E-state index in [9.17, 15) is 9.18 Å². The molecule has 1 fully saturated rings. The Bertz CT molecular complexity index is 526. The first-order valence-electron chi connectivity index (χ1n) is 7.92. The number of ether oxygens (including phenoxy) is 2. The summed E-state index contributed by atoms with van der Waals surface area (Å²) in [4.78, 5) is 14.1. The van der Waals surface area contributed by atoms with Crippen molar-refractivity contribution in [3.63, 3.8) is 0 Å². The van der Waals surface area contributed by atoms with Gasteiger partial charge in [0.1, 0.15) is 5.82 Å². The third-order valence-corrected chi connectivity index (χ3v) is 3.82. The average molecular weight is 324 g/mol. The van der Waals surface area contributed by atoms with Gasteiger partial charge in [-0.25, -0.2) is 9.18 Å². The minimum Gasteiger partial charge on any atom is -0.382 e. The molecule has 0 bridgehead atoms. The number of benzene rings is 1. The monoisotopic (exact) mass is 324 g/mol. The lowest BCUT2D eigenvalue weighted by Crippen LogP contribution is -2.54. The first-order chi connectivity index (χ1) is 11.0. The topological polar surface area (TPSA) is 50.8 Å². The highest BCUT2D eigenvalue weighted by molar-refractivity contribution is 5.74. The van der Waals surface area contributed by atoms with Crippen LogP contribution in [0.3, 0.4) is 0 Å². The molecule has 1 aromatic rings. The molecule has 128 valence electrons. The second kappa shape index (κ2) is 8.26. The van der Waals surface area contributed by atoms with E-state index in [1.165, 1.54) is 6.07 Å². The van der Waals surface area contributed by atoms with E-state index in [1.807, 2.05) is 13.8 Å². The van der Waals surface area contributed by atoms with Crippen molar-refractivity contribution in [3.05, 3.63) is 35.6 Å². The van der Waals surface area contributed by atoms with E-state index in [4.69, 9.17) is 9.47 Å². The molecule has 1 aromatic carbocycles. The van der Waals surface area contributed by atoms with Crippen molar-refractivity contribution in [2.75, 3.05) is 26.8 Å². The van der Waals surface area contributed by atoms with Crippen LogP contribution in [0.2, 0.25) is 0 Å². The lowest BCUT2D eigenvalue weighted by Gasteiger charge is -2.37. The molecule has 0 unspecified atom stereocenters. The molecule has 0 saturated carbocycles. The Kier molecular flexibility index (Phi) is 6.36. The van der Waals surface area contributed by atoms with Gasteiger partial charge in [0, 0.05) is 19.7 Å². The zero-order valence-corrected chi connectivity index (χ0v) is 13.9. The molecule has 5 nitrogen and oxygen atoms in total. The van der Waals surface area contributed by atoms with Gasteiger partial charge in [-0.05, 0) is 31.9 Å². The number of rotatable bonds is 5. The Morgan fingerprint density at radius 2 is 2.22 bits per heavy atom. The van der Waals surface area contributed by atoms with Crippen LogP contribution in [0.25, 0.3) is 0 Å². The Hall–Kier alpha value is -1.66. The van der Waals surface area contributed by atoms with Crippen molar-refractivity contribution in [2.24, 2.45) is 0 Å². The summed E-state index contributed by atoms with van der Waals surface area (Å²) < 4.78 is 24.5. The Morgan fingerprint density at radius 1 is 1.48 bits per heavy atom. The molecule has 1 saturated heterocycles. The van der Waals surface area contributed by atoms with E-state index >= 15 is 0 Å². The van der Waals surface area contributed by atoms with Crippen LogP contribution in [0.15, 0.2) is 24.3 Å². The van der Waals surface area contributed by atoms with Gasteiger partial charge in [-0.2, -0.15) is 0 Å². The van der Waals surface area contributed by atoms with Crippen LogP contribution in [0.5, 0.6) is 0 Å². The highest BCUT2D eigenvalue weighted by atomic mass is 19.1. The van der Waals surface area contributed by atoms with E-state index < -0.39 is 0 Å². The number of nitrogens with one attached hydrogen (secondary N) is 1. The number of morpholine rings is 1. The van der Waals surface area contributed by atoms with Crippen LogP contribution in [0.4, 0.5) is 9.18 Å². The van der Waals surface area contributed by atoms with Crippen molar-refractivity contribution in [2.45, 2.75) is 38.5 Å². The van der Waals surface area contributed by atoms with E-state index in [2.05, 4.69) is 5.32 Å². The average Bonchev–Trinajstić information content (AvgIpc) is 2.49. The minimum atomic E-state index is -0.242. The number of methoxy groups -OCH3 is 1. The van der Waals surface area contributed by atoms with Crippen LogP contribution in [-0.2, 0) is 15.9 Å². The Balaban J connectivity index is 1.89. The maximum Gasteiger partial charge on any atom is 0.317 e. The van der Waals surface area contributed by atoms with Gasteiger partial charge in [0.05, 0.1) is 25.4 Å². The molecule has 1 heterocycles. The van der Waals surface area contributed by atoms with Crippen LogP contribution >= 0.6 is 0 Å². The first-order valence-corrected chi connectivity index (χ1v) is 7.92. The second-order valence-corrected chi connectivity index (χ2v) is 6.08. The smallest absolute Gasteiger partial charge is 0.317 e. The number of hydrogen-bond donors (Lipinski definition) is 1. The van der Waals surface area contributed by atoms with Crippen LogP contribution in [-0.4, -0.2) is 56.0 Å². The highest BCUT2D eigenvalue weighted by Crippen LogP contribution is 2.13. The predicted molar refractivity (Wildman–Crippen MR) is 85.9 cm³/mol. The normalized spacial score (nSPS) is 22.7. The maximum atomic E-state index is 13.7. The molecular formula is C17H25FN2O3. The van der Waals surface area contributed by atoms with Gasteiger partial charge in [-0.3, -0.25) is 0 Å². The molecular weight excluding hydrogens is 299 g/mol.